The first kappa shape index (κ1) is 16.8. The maximum absolute atomic E-state index is 9.72. The molecule has 2 fully saturated rings. The predicted molar refractivity (Wildman–Crippen MR) is 83.6 cm³/mol. The molecular weight excluding hydrogens is 262 g/mol. The van der Waals surface area contributed by atoms with Crippen LogP contribution in [-0.4, -0.2) is 19.5 Å². The van der Waals surface area contributed by atoms with E-state index in [9.17, 15) is 5.26 Å². The average Bonchev–Trinajstić information content (AvgIpc) is 2.54. The number of hydrogen-bond donors (Lipinski definition) is 0. The summed E-state index contributed by atoms with van der Waals surface area (Å²) in [6.45, 7) is 5.97. The van der Waals surface area contributed by atoms with Gasteiger partial charge in [0, 0.05) is 5.92 Å². The number of unbranched alkanes of at least 4 members (excludes halogenated alkanes) is 1. The number of rotatable bonds is 6. The predicted octanol–water partition coefficient (Wildman–Crippen LogP) is 4.67. The number of nitrogens with zero attached hydrogens (tertiary/aromatic N) is 1. The lowest BCUT2D eigenvalue weighted by Crippen LogP contribution is -2.45. The fraction of sp³-hybridized carbons (Fsp3) is 0.944. The van der Waals surface area contributed by atoms with Gasteiger partial charge in [-0.25, -0.2) is 0 Å². The van der Waals surface area contributed by atoms with Gasteiger partial charge in [-0.2, -0.15) is 5.26 Å². The van der Waals surface area contributed by atoms with Gasteiger partial charge in [0.2, 0.25) is 0 Å². The minimum absolute atomic E-state index is 0.289. The van der Waals surface area contributed by atoms with Crippen molar-refractivity contribution in [2.75, 3.05) is 13.2 Å². The van der Waals surface area contributed by atoms with E-state index in [0.29, 0.717) is 5.92 Å². The van der Waals surface area contributed by atoms with E-state index in [2.05, 4.69) is 19.9 Å². The maximum atomic E-state index is 9.72. The average molecular weight is 293 g/mol. The number of nitriles is 1. The molecule has 0 radical (unpaired) electrons. The monoisotopic (exact) mass is 293 g/mol. The van der Waals surface area contributed by atoms with Gasteiger partial charge in [0.05, 0.1) is 19.3 Å². The molecule has 0 spiro atoms. The lowest BCUT2D eigenvalue weighted by atomic mass is 9.69. The molecule has 0 N–H and O–H groups in total. The minimum Gasteiger partial charge on any atom is -0.351 e. The third kappa shape index (κ3) is 4.20. The van der Waals surface area contributed by atoms with Gasteiger partial charge in [0.25, 0.3) is 0 Å². The molecule has 0 aromatic heterocycles. The van der Waals surface area contributed by atoms with E-state index in [1.165, 1.54) is 25.7 Å². The van der Waals surface area contributed by atoms with E-state index in [1.807, 2.05) is 0 Å². The first-order valence-corrected chi connectivity index (χ1v) is 8.88. The maximum Gasteiger partial charge on any atom is 0.176 e. The molecule has 1 saturated heterocycles. The molecule has 1 aliphatic carbocycles. The van der Waals surface area contributed by atoms with Gasteiger partial charge in [-0.3, -0.25) is 0 Å². The van der Waals surface area contributed by atoms with Gasteiger partial charge in [-0.1, -0.05) is 39.5 Å². The van der Waals surface area contributed by atoms with E-state index in [0.717, 1.165) is 51.2 Å². The van der Waals surface area contributed by atoms with Crippen molar-refractivity contribution in [1.29, 1.82) is 5.26 Å². The number of hydrogen-bond acceptors (Lipinski definition) is 3. The normalized spacial score (nSPS) is 37.1. The first-order chi connectivity index (χ1) is 10.2. The van der Waals surface area contributed by atoms with Crippen molar-refractivity contribution in [3.63, 3.8) is 0 Å². The Morgan fingerprint density at radius 1 is 1.00 bits per heavy atom. The summed E-state index contributed by atoms with van der Waals surface area (Å²) < 4.78 is 11.9. The van der Waals surface area contributed by atoms with E-state index in [-0.39, 0.29) is 11.7 Å². The molecule has 0 aromatic carbocycles. The van der Waals surface area contributed by atoms with Crippen molar-refractivity contribution < 1.29 is 9.47 Å². The molecule has 120 valence electrons. The Morgan fingerprint density at radius 2 is 1.67 bits per heavy atom. The third-order valence-electron chi connectivity index (χ3n) is 5.30. The molecule has 21 heavy (non-hydrogen) atoms. The van der Waals surface area contributed by atoms with Crippen LogP contribution >= 0.6 is 0 Å². The molecule has 3 heteroatoms. The van der Waals surface area contributed by atoms with Gasteiger partial charge < -0.3 is 9.47 Å². The summed E-state index contributed by atoms with van der Waals surface area (Å²) >= 11 is 0. The Hall–Kier alpha value is -0.590. The second-order valence-corrected chi connectivity index (χ2v) is 7.01. The Balaban J connectivity index is 1.85. The Labute approximate surface area is 130 Å². The third-order valence-corrected chi connectivity index (χ3v) is 5.30. The number of ether oxygens (including phenoxy) is 2. The zero-order chi connectivity index (χ0) is 15.1. The van der Waals surface area contributed by atoms with Crippen LogP contribution in [-0.2, 0) is 9.47 Å². The molecule has 1 heterocycles. The van der Waals surface area contributed by atoms with Crippen molar-refractivity contribution in [2.24, 2.45) is 17.3 Å². The fourth-order valence-electron chi connectivity index (χ4n) is 3.81. The highest BCUT2D eigenvalue weighted by atomic mass is 16.7. The summed E-state index contributed by atoms with van der Waals surface area (Å²) in [4.78, 5) is 0. The highest BCUT2D eigenvalue weighted by Gasteiger charge is 2.45. The van der Waals surface area contributed by atoms with Crippen LogP contribution in [0, 0.1) is 28.6 Å². The second-order valence-electron chi connectivity index (χ2n) is 7.01. The van der Waals surface area contributed by atoms with E-state index in [4.69, 9.17) is 9.47 Å². The van der Waals surface area contributed by atoms with Gasteiger partial charge >= 0.3 is 0 Å². The lowest BCUT2D eigenvalue weighted by molar-refractivity contribution is -0.247. The van der Waals surface area contributed by atoms with Gasteiger partial charge in [0.1, 0.15) is 5.41 Å². The molecule has 2 rings (SSSR count). The Bertz CT molecular complexity index is 334. The van der Waals surface area contributed by atoms with E-state index in [1.54, 1.807) is 0 Å². The van der Waals surface area contributed by atoms with Crippen molar-refractivity contribution in [3.8, 4) is 6.07 Å². The van der Waals surface area contributed by atoms with Crippen LogP contribution in [0.5, 0.6) is 0 Å². The first-order valence-electron chi connectivity index (χ1n) is 8.88. The van der Waals surface area contributed by atoms with Crippen molar-refractivity contribution in [3.05, 3.63) is 0 Å². The highest BCUT2D eigenvalue weighted by molar-refractivity contribution is 5.04. The molecule has 0 atom stereocenters. The Kier molecular flexibility index (Phi) is 6.51. The van der Waals surface area contributed by atoms with Crippen LogP contribution in [0.4, 0.5) is 0 Å². The molecule has 1 saturated carbocycles. The highest BCUT2D eigenvalue weighted by Crippen LogP contribution is 2.45. The summed E-state index contributed by atoms with van der Waals surface area (Å²) in [6, 6.07) is 2.56. The van der Waals surface area contributed by atoms with Crippen molar-refractivity contribution in [2.45, 2.75) is 77.9 Å². The Morgan fingerprint density at radius 3 is 2.19 bits per heavy atom. The zero-order valence-corrected chi connectivity index (χ0v) is 13.8. The summed E-state index contributed by atoms with van der Waals surface area (Å²) in [7, 11) is 0. The van der Waals surface area contributed by atoms with Crippen LogP contribution < -0.4 is 0 Å². The zero-order valence-electron chi connectivity index (χ0n) is 13.8. The molecule has 2 aliphatic rings. The van der Waals surface area contributed by atoms with Crippen LogP contribution in [0.25, 0.3) is 0 Å². The second kappa shape index (κ2) is 8.15. The SMILES string of the molecule is CCCCC1CCC(C#N)(C2OCC(CCC)CO2)CC1. The molecule has 0 unspecified atom stereocenters. The van der Waals surface area contributed by atoms with Gasteiger partial charge in [-0.15, -0.1) is 0 Å². The lowest BCUT2D eigenvalue weighted by Gasteiger charge is -2.42. The minimum atomic E-state index is -0.389. The summed E-state index contributed by atoms with van der Waals surface area (Å²) in [5, 5.41) is 9.72. The van der Waals surface area contributed by atoms with Crippen LogP contribution in [0.3, 0.4) is 0 Å². The van der Waals surface area contributed by atoms with Crippen molar-refractivity contribution in [1.82, 2.24) is 0 Å². The quantitative estimate of drug-likeness (QED) is 0.715. The largest absolute Gasteiger partial charge is 0.351 e. The topological polar surface area (TPSA) is 42.2 Å². The molecular formula is C18H31NO2. The smallest absolute Gasteiger partial charge is 0.176 e. The van der Waals surface area contributed by atoms with Crippen LogP contribution in [0.2, 0.25) is 0 Å². The fourth-order valence-corrected chi connectivity index (χ4v) is 3.81. The standard InChI is InChI=1S/C18H31NO2/c1-3-5-7-15-8-10-18(14-19,11-9-15)17-20-12-16(6-4-2)13-21-17/h15-17H,3-13H2,1-2H3. The molecule has 0 bridgehead atoms. The summed E-state index contributed by atoms with van der Waals surface area (Å²) in [5.74, 6) is 1.32. The van der Waals surface area contributed by atoms with Gasteiger partial charge in [0.15, 0.2) is 6.29 Å². The van der Waals surface area contributed by atoms with E-state index >= 15 is 0 Å². The summed E-state index contributed by atoms with van der Waals surface area (Å²) in [5.41, 5.74) is -0.389. The molecule has 0 amide bonds. The van der Waals surface area contributed by atoms with Gasteiger partial charge in [-0.05, 0) is 38.0 Å². The van der Waals surface area contributed by atoms with Crippen LogP contribution in [0.1, 0.15) is 71.6 Å². The van der Waals surface area contributed by atoms with E-state index < -0.39 is 0 Å². The van der Waals surface area contributed by atoms with Crippen LogP contribution in [0.15, 0.2) is 0 Å². The molecule has 1 aliphatic heterocycles. The molecule has 3 nitrogen and oxygen atoms in total. The molecule has 0 aromatic rings. The summed E-state index contributed by atoms with van der Waals surface area (Å²) in [6.07, 6.45) is 10.2. The van der Waals surface area contributed by atoms with Crippen molar-refractivity contribution >= 4 is 0 Å².